The maximum atomic E-state index is 11.4. The number of aromatic nitrogens is 2. The zero-order chi connectivity index (χ0) is 16.9. The fourth-order valence-corrected chi connectivity index (χ4v) is 2.53. The van der Waals surface area contributed by atoms with Crippen LogP contribution in [0.5, 0.6) is 5.75 Å². The Morgan fingerprint density at radius 2 is 1.33 bits per heavy atom. The van der Waals surface area contributed by atoms with Crippen LogP contribution in [0.15, 0.2) is 59.7 Å². The van der Waals surface area contributed by atoms with Crippen LogP contribution in [0.3, 0.4) is 0 Å². The summed E-state index contributed by atoms with van der Waals surface area (Å²) in [7, 11) is 1.26. The molecule has 0 atom stereocenters. The van der Waals surface area contributed by atoms with Crippen molar-refractivity contribution in [1.82, 2.24) is 9.97 Å². The molecule has 0 saturated carbocycles. The molecular formula is C16H15B3N2O3. The van der Waals surface area contributed by atoms with Crippen LogP contribution in [-0.2, 0) is 0 Å². The maximum Gasteiger partial charge on any atom is 0.304 e. The molecule has 5 nitrogen and oxygen atoms in total. The zero-order valence-corrected chi connectivity index (χ0v) is 13.1. The number of nitrogens with zero attached hydrogens (tertiary/aromatic N) is 1. The van der Waals surface area contributed by atoms with Gasteiger partial charge in [0.1, 0.15) is 0 Å². The highest BCUT2D eigenvalue weighted by molar-refractivity contribution is 6.69. The molecule has 116 valence electrons. The molecule has 0 bridgehead atoms. The SMILES string of the molecule is O=c1[nH]cnc(Bc2ccc(Bc3ccc(BO)cc3)cc2)c1O. The minimum absolute atomic E-state index is 0.0537. The van der Waals surface area contributed by atoms with Crippen LogP contribution >= 0.6 is 0 Å². The minimum atomic E-state index is -0.525. The second kappa shape index (κ2) is 7.23. The second-order valence-corrected chi connectivity index (χ2v) is 5.67. The van der Waals surface area contributed by atoms with Gasteiger partial charge in [-0.25, -0.2) is 4.98 Å². The molecular weight excluding hydrogens is 301 g/mol. The lowest BCUT2D eigenvalue weighted by molar-refractivity contribution is 0.468. The van der Waals surface area contributed by atoms with Gasteiger partial charge in [0.05, 0.1) is 11.9 Å². The van der Waals surface area contributed by atoms with E-state index in [4.69, 9.17) is 5.02 Å². The first-order valence-electron chi connectivity index (χ1n) is 7.67. The molecule has 0 aliphatic carbocycles. The van der Waals surface area contributed by atoms with Crippen LogP contribution in [-0.4, -0.2) is 42.1 Å². The predicted octanol–water partition coefficient (Wildman–Crippen LogP) is -3.78. The van der Waals surface area contributed by atoms with E-state index in [1.54, 1.807) is 0 Å². The molecule has 24 heavy (non-hydrogen) atoms. The molecule has 0 amide bonds. The Hall–Kier alpha value is -2.73. The number of benzene rings is 2. The molecule has 3 aromatic rings. The largest absolute Gasteiger partial charge is 0.502 e. The molecule has 0 unspecified atom stereocenters. The Morgan fingerprint density at radius 1 is 0.833 bits per heavy atom. The van der Waals surface area contributed by atoms with Crippen LogP contribution in [0.25, 0.3) is 0 Å². The number of rotatable bonds is 5. The van der Waals surface area contributed by atoms with Crippen molar-refractivity contribution < 1.29 is 10.1 Å². The van der Waals surface area contributed by atoms with Gasteiger partial charge in [-0.3, -0.25) is 4.79 Å². The van der Waals surface area contributed by atoms with Crippen molar-refractivity contribution in [3.63, 3.8) is 0 Å². The highest BCUT2D eigenvalue weighted by Crippen LogP contribution is 1.90. The first-order chi connectivity index (χ1) is 11.7. The van der Waals surface area contributed by atoms with Crippen LogP contribution in [0.4, 0.5) is 0 Å². The maximum absolute atomic E-state index is 11.4. The van der Waals surface area contributed by atoms with E-state index < -0.39 is 5.56 Å². The van der Waals surface area contributed by atoms with Crippen LogP contribution < -0.4 is 33.0 Å². The van der Waals surface area contributed by atoms with Gasteiger partial charge in [-0.1, -0.05) is 70.4 Å². The lowest BCUT2D eigenvalue weighted by Crippen LogP contribution is -2.35. The molecule has 3 N–H and O–H groups in total. The Kier molecular flexibility index (Phi) is 4.86. The Balaban J connectivity index is 1.70. The quantitative estimate of drug-likeness (QED) is 0.422. The average Bonchev–Trinajstić information content (AvgIpc) is 2.61. The third-order valence-corrected chi connectivity index (χ3v) is 3.91. The van der Waals surface area contributed by atoms with Gasteiger partial charge in [0.15, 0.2) is 13.0 Å². The molecule has 3 rings (SSSR count). The molecule has 8 heteroatoms. The standard InChI is InChI=1S/C16H15B3N2O3/c22-14-15(20-9-21-16(14)23)18-12-3-1-10(2-4-12)17-11-5-7-13(19-24)8-6-11/h1-9,17-19,22,24H,(H,20,21,23). The first kappa shape index (κ1) is 16.1. The summed E-state index contributed by atoms with van der Waals surface area (Å²) in [6, 6.07) is 15.9. The molecule has 0 aliphatic heterocycles. The van der Waals surface area contributed by atoms with E-state index in [9.17, 15) is 9.90 Å². The molecule has 0 aliphatic rings. The molecule has 1 aromatic heterocycles. The van der Waals surface area contributed by atoms with E-state index in [0.717, 1.165) is 18.2 Å². The second-order valence-electron chi connectivity index (χ2n) is 5.67. The number of H-pyrrole nitrogens is 1. The number of hydrogen-bond donors (Lipinski definition) is 3. The lowest BCUT2D eigenvalue weighted by Gasteiger charge is -2.04. The van der Waals surface area contributed by atoms with Crippen molar-refractivity contribution in [2.75, 3.05) is 0 Å². The van der Waals surface area contributed by atoms with E-state index in [2.05, 4.69) is 9.97 Å². The predicted molar refractivity (Wildman–Crippen MR) is 101 cm³/mol. The minimum Gasteiger partial charge on any atom is -0.502 e. The summed E-state index contributed by atoms with van der Waals surface area (Å²) in [6.45, 7) is 0. The van der Waals surface area contributed by atoms with Gasteiger partial charge in [-0.15, -0.1) is 0 Å². The normalized spacial score (nSPS) is 10.2. The van der Waals surface area contributed by atoms with E-state index in [1.807, 2.05) is 48.5 Å². The first-order valence-corrected chi connectivity index (χ1v) is 7.67. The Bertz CT molecular complexity index is 880. The smallest absolute Gasteiger partial charge is 0.304 e. The van der Waals surface area contributed by atoms with Crippen molar-refractivity contribution in [3.8, 4) is 5.75 Å². The average molecular weight is 316 g/mol. The van der Waals surface area contributed by atoms with Gasteiger partial charge in [0, 0.05) is 0 Å². The molecule has 0 fully saturated rings. The number of aromatic hydroxyl groups is 1. The fourth-order valence-electron chi connectivity index (χ4n) is 2.53. The third-order valence-electron chi connectivity index (χ3n) is 3.91. The van der Waals surface area contributed by atoms with E-state index in [1.165, 1.54) is 17.3 Å². The fraction of sp³-hybridized carbons (Fsp3) is 0. The Morgan fingerprint density at radius 3 is 1.88 bits per heavy atom. The van der Waals surface area contributed by atoms with Gasteiger partial charge in [0.2, 0.25) is 7.28 Å². The van der Waals surface area contributed by atoms with E-state index >= 15 is 0 Å². The monoisotopic (exact) mass is 316 g/mol. The van der Waals surface area contributed by atoms with Crippen molar-refractivity contribution in [1.29, 1.82) is 0 Å². The molecule has 0 radical (unpaired) electrons. The summed E-state index contributed by atoms with van der Waals surface area (Å²) in [5.74, 6) is -0.328. The summed E-state index contributed by atoms with van der Waals surface area (Å²) in [6.07, 6.45) is 1.29. The number of hydrogen-bond acceptors (Lipinski definition) is 4. The topological polar surface area (TPSA) is 86.2 Å². The molecule has 0 saturated heterocycles. The van der Waals surface area contributed by atoms with Gasteiger partial charge in [-0.2, -0.15) is 0 Å². The van der Waals surface area contributed by atoms with Gasteiger partial charge < -0.3 is 15.1 Å². The summed E-state index contributed by atoms with van der Waals surface area (Å²) in [5, 5.41) is 18.8. The molecule has 0 spiro atoms. The third kappa shape index (κ3) is 3.78. The van der Waals surface area contributed by atoms with E-state index in [0.29, 0.717) is 12.9 Å². The van der Waals surface area contributed by atoms with Crippen molar-refractivity contribution in [3.05, 3.63) is 65.2 Å². The highest BCUT2D eigenvalue weighted by atomic mass is 16.3. The van der Waals surface area contributed by atoms with Gasteiger partial charge in [-0.05, 0) is 0 Å². The van der Waals surface area contributed by atoms with Gasteiger partial charge in [0.25, 0.3) is 5.56 Å². The number of aromatic amines is 1. The van der Waals surface area contributed by atoms with Crippen LogP contribution in [0, 0.1) is 0 Å². The van der Waals surface area contributed by atoms with Crippen molar-refractivity contribution >= 4 is 49.5 Å². The lowest BCUT2D eigenvalue weighted by atomic mass is 9.61. The van der Waals surface area contributed by atoms with Gasteiger partial charge >= 0.3 is 7.48 Å². The summed E-state index contributed by atoms with van der Waals surface area (Å²) < 4.78 is 0. The zero-order valence-electron chi connectivity index (χ0n) is 13.1. The van der Waals surface area contributed by atoms with Crippen molar-refractivity contribution in [2.24, 2.45) is 0 Å². The summed E-state index contributed by atoms with van der Waals surface area (Å²) >= 11 is 0. The Labute approximate surface area is 141 Å². The summed E-state index contributed by atoms with van der Waals surface area (Å²) in [5.41, 5.74) is 4.06. The van der Waals surface area contributed by atoms with Crippen LogP contribution in [0.2, 0.25) is 0 Å². The van der Waals surface area contributed by atoms with E-state index in [-0.39, 0.29) is 13.2 Å². The molecule has 2 aromatic carbocycles. The van der Waals surface area contributed by atoms with Crippen molar-refractivity contribution in [2.45, 2.75) is 0 Å². The molecule has 1 heterocycles. The van der Waals surface area contributed by atoms with Crippen LogP contribution in [0.1, 0.15) is 0 Å². The summed E-state index contributed by atoms with van der Waals surface area (Å²) in [4.78, 5) is 17.7. The number of nitrogens with one attached hydrogen (secondary N) is 1. The highest BCUT2D eigenvalue weighted by Gasteiger charge is 2.09.